The van der Waals surface area contributed by atoms with E-state index >= 15 is 0 Å². The minimum Gasteiger partial charge on any atom is -0.494 e. The van der Waals surface area contributed by atoms with Crippen molar-refractivity contribution in [3.63, 3.8) is 0 Å². The third-order valence-corrected chi connectivity index (χ3v) is 3.24. The summed E-state index contributed by atoms with van der Waals surface area (Å²) < 4.78 is 7.50. The van der Waals surface area contributed by atoms with Crippen LogP contribution in [0.15, 0.2) is 42.1 Å². The molecule has 0 fully saturated rings. The highest BCUT2D eigenvalue weighted by atomic mass is 16.5. The Hall–Kier alpha value is -2.23. The van der Waals surface area contributed by atoms with Crippen molar-refractivity contribution in [2.24, 2.45) is 0 Å². The van der Waals surface area contributed by atoms with E-state index in [9.17, 15) is 4.79 Å². The number of fused-ring (bicyclic) bond motifs is 1. The summed E-state index contributed by atoms with van der Waals surface area (Å²) in [4.78, 5) is 11.0. The van der Waals surface area contributed by atoms with Crippen LogP contribution in [0.25, 0.3) is 10.9 Å². The molecule has 0 aliphatic heterocycles. The molecule has 20 heavy (non-hydrogen) atoms. The highest BCUT2D eigenvalue weighted by Gasteiger charge is 2.05. The lowest BCUT2D eigenvalue weighted by Crippen LogP contribution is -2.02. The number of hydrogen-bond donors (Lipinski definition) is 1. The molecule has 1 heterocycles. The van der Waals surface area contributed by atoms with E-state index in [1.54, 1.807) is 6.08 Å². The van der Waals surface area contributed by atoms with E-state index in [0.717, 1.165) is 16.7 Å². The number of carboxylic acids is 1. The van der Waals surface area contributed by atoms with Crippen LogP contribution in [0.1, 0.15) is 20.3 Å². The van der Waals surface area contributed by atoms with Gasteiger partial charge in [0.2, 0.25) is 0 Å². The molecule has 0 saturated carbocycles. The van der Waals surface area contributed by atoms with Crippen molar-refractivity contribution in [1.29, 1.82) is 0 Å². The fourth-order valence-corrected chi connectivity index (χ4v) is 2.19. The van der Waals surface area contributed by atoms with Crippen molar-refractivity contribution < 1.29 is 14.6 Å². The maximum Gasteiger partial charge on any atom is 0.331 e. The van der Waals surface area contributed by atoms with Crippen molar-refractivity contribution in [3.05, 3.63) is 42.1 Å². The Morgan fingerprint density at radius 3 is 2.80 bits per heavy atom. The van der Waals surface area contributed by atoms with Crippen molar-refractivity contribution in [3.8, 4) is 5.75 Å². The Balaban J connectivity index is 2.25. The molecule has 0 unspecified atom stereocenters. The maximum atomic E-state index is 11.0. The summed E-state index contributed by atoms with van der Waals surface area (Å²) in [5.74, 6) is 0.00988. The van der Waals surface area contributed by atoms with Crippen LogP contribution in [0.3, 0.4) is 0 Å². The summed E-state index contributed by atoms with van der Waals surface area (Å²) >= 11 is 0. The van der Waals surface area contributed by atoms with Gasteiger partial charge in [-0.15, -0.1) is 0 Å². The molecule has 0 amide bonds. The summed E-state index contributed by atoms with van der Waals surface area (Å²) in [6.07, 6.45) is 4.26. The Bertz CT molecular complexity index is 640. The number of hydrogen-bond acceptors (Lipinski definition) is 2. The Kier molecular flexibility index (Phi) is 4.45. The zero-order chi connectivity index (χ0) is 14.5. The van der Waals surface area contributed by atoms with Gasteiger partial charge in [0.05, 0.1) is 6.61 Å². The molecule has 1 aromatic carbocycles. The molecule has 2 rings (SSSR count). The second-order valence-corrected chi connectivity index (χ2v) is 4.51. The maximum absolute atomic E-state index is 11.0. The molecular weight excluding hydrogens is 254 g/mol. The minimum atomic E-state index is -0.845. The van der Waals surface area contributed by atoms with Crippen LogP contribution in [0.5, 0.6) is 5.75 Å². The predicted molar refractivity (Wildman–Crippen MR) is 79.1 cm³/mol. The first kappa shape index (κ1) is 14.2. The second-order valence-electron chi connectivity index (χ2n) is 4.51. The monoisotopic (exact) mass is 273 g/mol. The molecule has 0 saturated heterocycles. The van der Waals surface area contributed by atoms with Gasteiger partial charge in [0, 0.05) is 29.2 Å². The van der Waals surface area contributed by atoms with Crippen LogP contribution < -0.4 is 4.74 Å². The molecule has 1 N–H and O–H groups in total. The summed E-state index contributed by atoms with van der Waals surface area (Å²) in [5, 5.41) is 10.1. The van der Waals surface area contributed by atoms with Crippen LogP contribution in [0, 0.1) is 0 Å². The Morgan fingerprint density at radius 2 is 2.15 bits per heavy atom. The fraction of sp³-hybridized carbons (Fsp3) is 0.312. The van der Waals surface area contributed by atoms with Crippen LogP contribution in [0.2, 0.25) is 0 Å². The van der Waals surface area contributed by atoms with Crippen LogP contribution >= 0.6 is 0 Å². The topological polar surface area (TPSA) is 51.5 Å². The van der Waals surface area contributed by atoms with Crippen LogP contribution in [0.4, 0.5) is 0 Å². The van der Waals surface area contributed by atoms with E-state index in [2.05, 4.69) is 0 Å². The molecule has 2 aromatic rings. The van der Waals surface area contributed by atoms with Gasteiger partial charge < -0.3 is 14.4 Å². The largest absolute Gasteiger partial charge is 0.494 e. The molecule has 0 bridgehead atoms. The lowest BCUT2D eigenvalue weighted by atomic mass is 10.2. The first-order chi connectivity index (χ1) is 9.65. The van der Waals surface area contributed by atoms with Gasteiger partial charge in [-0.2, -0.15) is 0 Å². The fourth-order valence-electron chi connectivity index (χ4n) is 2.19. The Morgan fingerprint density at radius 1 is 1.35 bits per heavy atom. The summed E-state index contributed by atoms with van der Waals surface area (Å²) in [6.45, 7) is 5.01. The molecule has 106 valence electrons. The number of ether oxygens (including phenoxy) is 1. The SMILES string of the molecule is CCOc1ccc2c(ccn2C/C=C(/CC)C(=O)O)c1. The number of benzene rings is 1. The standard InChI is InChI=1S/C16H19NO3/c1-3-12(16(18)19)7-9-17-10-8-13-11-14(20-4-2)5-6-15(13)17/h5-8,10-11H,3-4,9H2,1-2H3,(H,18,19)/b12-7-. The highest BCUT2D eigenvalue weighted by molar-refractivity contribution is 5.86. The summed E-state index contributed by atoms with van der Waals surface area (Å²) in [6, 6.07) is 7.94. The number of nitrogens with zero attached hydrogens (tertiary/aromatic N) is 1. The first-order valence-corrected chi connectivity index (χ1v) is 6.79. The predicted octanol–water partition coefficient (Wildman–Crippen LogP) is 3.46. The van der Waals surface area contributed by atoms with Crippen LogP contribution in [-0.2, 0) is 11.3 Å². The van der Waals surface area contributed by atoms with E-state index in [1.807, 2.05) is 48.9 Å². The molecule has 1 aromatic heterocycles. The third-order valence-electron chi connectivity index (χ3n) is 3.24. The molecule has 4 nitrogen and oxygen atoms in total. The minimum absolute atomic E-state index is 0.442. The molecule has 0 atom stereocenters. The van der Waals surface area contributed by atoms with E-state index in [-0.39, 0.29) is 0 Å². The summed E-state index contributed by atoms with van der Waals surface area (Å²) in [7, 11) is 0. The Labute approximate surface area is 118 Å². The highest BCUT2D eigenvalue weighted by Crippen LogP contribution is 2.22. The smallest absolute Gasteiger partial charge is 0.331 e. The zero-order valence-corrected chi connectivity index (χ0v) is 11.8. The lowest BCUT2D eigenvalue weighted by Gasteiger charge is -2.05. The molecule has 0 radical (unpaired) electrons. The van der Waals surface area contributed by atoms with Gasteiger partial charge in [0.1, 0.15) is 5.75 Å². The van der Waals surface area contributed by atoms with Crippen molar-refractivity contribution in [2.45, 2.75) is 26.8 Å². The number of carbonyl (C=O) groups is 1. The quantitative estimate of drug-likeness (QED) is 0.820. The lowest BCUT2D eigenvalue weighted by molar-refractivity contribution is -0.132. The second kappa shape index (κ2) is 6.28. The zero-order valence-electron chi connectivity index (χ0n) is 11.8. The average Bonchev–Trinajstić information content (AvgIpc) is 2.82. The molecular formula is C16H19NO3. The van der Waals surface area contributed by atoms with Crippen molar-refractivity contribution in [2.75, 3.05) is 6.61 Å². The average molecular weight is 273 g/mol. The molecule has 0 aliphatic rings. The van der Waals surface area contributed by atoms with Gasteiger partial charge in [-0.3, -0.25) is 0 Å². The van der Waals surface area contributed by atoms with E-state index < -0.39 is 5.97 Å². The number of aliphatic carboxylic acids is 1. The van der Waals surface area contributed by atoms with Crippen molar-refractivity contribution >= 4 is 16.9 Å². The van der Waals surface area contributed by atoms with E-state index in [4.69, 9.17) is 9.84 Å². The van der Waals surface area contributed by atoms with E-state index in [1.165, 1.54) is 0 Å². The molecule has 4 heteroatoms. The van der Waals surface area contributed by atoms with Crippen LogP contribution in [-0.4, -0.2) is 22.2 Å². The normalized spacial score (nSPS) is 11.8. The molecule has 0 aliphatic carbocycles. The van der Waals surface area contributed by atoms with Gasteiger partial charge in [-0.1, -0.05) is 13.0 Å². The number of rotatable bonds is 6. The number of aromatic nitrogens is 1. The van der Waals surface area contributed by atoms with Crippen molar-refractivity contribution in [1.82, 2.24) is 4.57 Å². The number of carboxylic acid groups (broad SMARTS) is 1. The first-order valence-electron chi connectivity index (χ1n) is 6.79. The molecule has 0 spiro atoms. The van der Waals surface area contributed by atoms with Gasteiger partial charge >= 0.3 is 5.97 Å². The number of allylic oxidation sites excluding steroid dienone is 1. The van der Waals surface area contributed by atoms with Gasteiger partial charge in [0.25, 0.3) is 0 Å². The third kappa shape index (κ3) is 3.02. The van der Waals surface area contributed by atoms with Gasteiger partial charge in [0.15, 0.2) is 0 Å². The van der Waals surface area contributed by atoms with Gasteiger partial charge in [-0.05, 0) is 37.6 Å². The van der Waals surface area contributed by atoms with E-state index in [0.29, 0.717) is 25.1 Å². The van der Waals surface area contributed by atoms with Gasteiger partial charge in [-0.25, -0.2) is 4.79 Å². The summed E-state index contributed by atoms with van der Waals surface area (Å²) in [5.41, 5.74) is 1.52.